The van der Waals surface area contributed by atoms with Gasteiger partial charge >= 0.3 is 0 Å². The van der Waals surface area contributed by atoms with Crippen molar-refractivity contribution >= 4 is 39.0 Å². The van der Waals surface area contributed by atoms with Crippen molar-refractivity contribution in [3.63, 3.8) is 0 Å². The summed E-state index contributed by atoms with van der Waals surface area (Å²) in [4.78, 5) is 12.4. The van der Waals surface area contributed by atoms with Crippen molar-refractivity contribution in [2.45, 2.75) is 27.3 Å². The quantitative estimate of drug-likeness (QED) is 0.853. The van der Waals surface area contributed by atoms with E-state index in [-0.39, 0.29) is 5.41 Å². The molecule has 0 radical (unpaired) electrons. The minimum atomic E-state index is 0.277. The SMILES string of the molecule is CC(C)(C)CNCc1cc2nc(Cl)nc(N3CCOCC3)c2s1. The average Bonchev–Trinajstić information content (AvgIpc) is 2.88. The summed E-state index contributed by atoms with van der Waals surface area (Å²) >= 11 is 7.87. The van der Waals surface area contributed by atoms with Gasteiger partial charge in [-0.25, -0.2) is 4.98 Å². The summed E-state index contributed by atoms with van der Waals surface area (Å²) in [6, 6.07) is 2.12. The Morgan fingerprint density at radius 2 is 2.04 bits per heavy atom. The Morgan fingerprint density at radius 3 is 2.74 bits per heavy atom. The molecule has 0 saturated carbocycles. The molecule has 2 aromatic rings. The Labute approximate surface area is 146 Å². The molecule has 0 atom stereocenters. The number of morpholine rings is 1. The Bertz CT molecular complexity index is 677. The maximum atomic E-state index is 6.13. The molecule has 0 unspecified atom stereocenters. The summed E-state index contributed by atoms with van der Waals surface area (Å²) < 4.78 is 6.54. The normalized spacial score (nSPS) is 16.3. The lowest BCUT2D eigenvalue weighted by Gasteiger charge is -2.28. The number of nitrogens with one attached hydrogen (secondary N) is 1. The first-order chi connectivity index (χ1) is 10.9. The summed E-state index contributed by atoms with van der Waals surface area (Å²) in [6.07, 6.45) is 0. The van der Waals surface area contributed by atoms with E-state index in [1.54, 1.807) is 11.3 Å². The number of halogens is 1. The predicted molar refractivity (Wildman–Crippen MR) is 96.6 cm³/mol. The van der Waals surface area contributed by atoms with Gasteiger partial charge in [0.25, 0.3) is 0 Å². The van der Waals surface area contributed by atoms with Crippen LogP contribution >= 0.6 is 22.9 Å². The third-order valence-electron chi connectivity index (χ3n) is 3.64. The van der Waals surface area contributed by atoms with Gasteiger partial charge in [-0.05, 0) is 23.1 Å². The van der Waals surface area contributed by atoms with E-state index in [0.29, 0.717) is 5.28 Å². The zero-order valence-corrected chi connectivity index (χ0v) is 15.4. The molecule has 126 valence electrons. The second-order valence-corrected chi connectivity index (χ2v) is 8.48. The topological polar surface area (TPSA) is 50.3 Å². The fraction of sp³-hybridized carbons (Fsp3) is 0.625. The highest BCUT2D eigenvalue weighted by atomic mass is 35.5. The Kier molecular flexibility index (Phi) is 5.06. The van der Waals surface area contributed by atoms with Crippen molar-refractivity contribution < 1.29 is 4.74 Å². The van der Waals surface area contributed by atoms with Crippen molar-refractivity contribution in [3.05, 3.63) is 16.2 Å². The number of hydrogen-bond acceptors (Lipinski definition) is 6. The summed E-state index contributed by atoms with van der Waals surface area (Å²) in [7, 11) is 0. The third-order valence-corrected chi connectivity index (χ3v) is 4.93. The van der Waals surface area contributed by atoms with Crippen LogP contribution in [0.5, 0.6) is 0 Å². The fourth-order valence-corrected chi connectivity index (χ4v) is 3.83. The number of hydrogen-bond donors (Lipinski definition) is 1. The van der Waals surface area contributed by atoms with E-state index < -0.39 is 0 Å². The molecule has 0 aliphatic carbocycles. The van der Waals surface area contributed by atoms with Crippen LogP contribution in [0.15, 0.2) is 6.07 Å². The first kappa shape index (κ1) is 16.9. The molecule has 0 amide bonds. The van der Waals surface area contributed by atoms with Crippen molar-refractivity contribution in [1.82, 2.24) is 15.3 Å². The largest absolute Gasteiger partial charge is 0.378 e. The van der Waals surface area contributed by atoms with Crippen LogP contribution in [0.25, 0.3) is 10.2 Å². The highest BCUT2D eigenvalue weighted by Crippen LogP contribution is 2.33. The molecule has 1 aliphatic heterocycles. The number of aromatic nitrogens is 2. The molecule has 23 heavy (non-hydrogen) atoms. The number of fused-ring (bicyclic) bond motifs is 1. The van der Waals surface area contributed by atoms with Gasteiger partial charge in [-0.1, -0.05) is 20.8 Å². The van der Waals surface area contributed by atoms with Crippen LogP contribution < -0.4 is 10.2 Å². The minimum Gasteiger partial charge on any atom is -0.378 e. The van der Waals surface area contributed by atoms with E-state index in [0.717, 1.165) is 55.4 Å². The molecule has 0 spiro atoms. The standard InChI is InChI=1S/C16H23ClN4OS/c1-16(2,3)10-18-9-11-8-12-13(23-11)14(20-15(17)19-12)21-4-6-22-7-5-21/h8,18H,4-7,9-10H2,1-3H3. The summed E-state index contributed by atoms with van der Waals surface area (Å²) in [5.74, 6) is 0.940. The van der Waals surface area contributed by atoms with Crippen LogP contribution in [0.3, 0.4) is 0 Å². The first-order valence-electron chi connectivity index (χ1n) is 7.92. The number of anilines is 1. The number of ether oxygens (including phenoxy) is 1. The van der Waals surface area contributed by atoms with Crippen molar-refractivity contribution in [1.29, 1.82) is 0 Å². The highest BCUT2D eigenvalue weighted by molar-refractivity contribution is 7.19. The van der Waals surface area contributed by atoms with Gasteiger partial charge in [-0.15, -0.1) is 11.3 Å². The van der Waals surface area contributed by atoms with Crippen LogP contribution in [0.1, 0.15) is 25.6 Å². The van der Waals surface area contributed by atoms with E-state index in [4.69, 9.17) is 16.3 Å². The van der Waals surface area contributed by atoms with E-state index in [1.807, 2.05) is 0 Å². The molecule has 0 bridgehead atoms. The molecular formula is C16H23ClN4OS. The molecule has 1 aliphatic rings. The molecular weight excluding hydrogens is 332 g/mol. The lowest BCUT2D eigenvalue weighted by molar-refractivity contribution is 0.122. The fourth-order valence-electron chi connectivity index (χ4n) is 2.57. The van der Waals surface area contributed by atoms with Crippen LogP contribution in [-0.4, -0.2) is 42.8 Å². The van der Waals surface area contributed by atoms with Crippen LogP contribution in [0, 0.1) is 5.41 Å². The van der Waals surface area contributed by atoms with Crippen molar-refractivity contribution in [2.24, 2.45) is 5.41 Å². The van der Waals surface area contributed by atoms with E-state index in [2.05, 4.69) is 47.0 Å². The predicted octanol–water partition coefficient (Wildman–Crippen LogP) is 3.32. The second kappa shape index (κ2) is 6.89. The Morgan fingerprint density at radius 1 is 1.30 bits per heavy atom. The van der Waals surface area contributed by atoms with Gasteiger partial charge in [0.05, 0.1) is 23.4 Å². The van der Waals surface area contributed by atoms with E-state index >= 15 is 0 Å². The molecule has 3 rings (SSSR count). The molecule has 5 nitrogen and oxygen atoms in total. The zero-order valence-electron chi connectivity index (χ0n) is 13.9. The first-order valence-corrected chi connectivity index (χ1v) is 9.11. The number of nitrogens with zero attached hydrogens (tertiary/aromatic N) is 3. The minimum absolute atomic E-state index is 0.277. The summed E-state index contributed by atoms with van der Waals surface area (Å²) in [6.45, 7) is 11.7. The van der Waals surface area contributed by atoms with Gasteiger partial charge < -0.3 is 15.0 Å². The van der Waals surface area contributed by atoms with Gasteiger partial charge in [0, 0.05) is 31.1 Å². The van der Waals surface area contributed by atoms with Gasteiger partial charge in [0.1, 0.15) is 0 Å². The molecule has 7 heteroatoms. The second-order valence-electron chi connectivity index (χ2n) is 7.01. The van der Waals surface area contributed by atoms with Gasteiger partial charge in [-0.3, -0.25) is 0 Å². The van der Waals surface area contributed by atoms with Crippen molar-refractivity contribution in [3.8, 4) is 0 Å². The molecule has 3 heterocycles. The lowest BCUT2D eigenvalue weighted by Crippen LogP contribution is -2.36. The summed E-state index contributed by atoms with van der Waals surface area (Å²) in [5, 5.41) is 3.82. The third kappa shape index (κ3) is 4.32. The molecule has 1 N–H and O–H groups in total. The molecule has 0 aromatic carbocycles. The Balaban J connectivity index is 1.83. The smallest absolute Gasteiger partial charge is 0.224 e. The van der Waals surface area contributed by atoms with Crippen LogP contribution in [0.2, 0.25) is 5.28 Å². The van der Waals surface area contributed by atoms with Gasteiger partial charge in [0.15, 0.2) is 5.82 Å². The Hall–Kier alpha value is -0.950. The number of thiophene rings is 1. The van der Waals surface area contributed by atoms with Crippen molar-refractivity contribution in [2.75, 3.05) is 37.7 Å². The maximum Gasteiger partial charge on any atom is 0.224 e. The van der Waals surface area contributed by atoms with Crippen LogP contribution in [-0.2, 0) is 11.3 Å². The lowest BCUT2D eigenvalue weighted by atomic mass is 9.97. The highest BCUT2D eigenvalue weighted by Gasteiger charge is 2.19. The van der Waals surface area contributed by atoms with Gasteiger partial charge in [0.2, 0.25) is 5.28 Å². The summed E-state index contributed by atoms with van der Waals surface area (Å²) in [5.41, 5.74) is 1.21. The zero-order chi connectivity index (χ0) is 16.4. The molecule has 2 aromatic heterocycles. The monoisotopic (exact) mass is 354 g/mol. The van der Waals surface area contributed by atoms with Crippen LogP contribution in [0.4, 0.5) is 5.82 Å². The number of rotatable bonds is 4. The molecule has 1 saturated heterocycles. The van der Waals surface area contributed by atoms with E-state index in [1.165, 1.54) is 4.88 Å². The van der Waals surface area contributed by atoms with E-state index in [9.17, 15) is 0 Å². The molecule has 1 fully saturated rings. The van der Waals surface area contributed by atoms with Gasteiger partial charge in [-0.2, -0.15) is 4.98 Å². The average molecular weight is 355 g/mol. The maximum absolute atomic E-state index is 6.13.